The second-order valence-electron chi connectivity index (χ2n) is 6.15. The van der Waals surface area contributed by atoms with Gasteiger partial charge < -0.3 is 9.47 Å². The summed E-state index contributed by atoms with van der Waals surface area (Å²) >= 11 is 3.24. The summed E-state index contributed by atoms with van der Waals surface area (Å²) in [6, 6.07) is 3.63. The summed E-state index contributed by atoms with van der Waals surface area (Å²) in [6.07, 6.45) is 2.76. The van der Waals surface area contributed by atoms with E-state index in [0.717, 1.165) is 19.1 Å². The molecular formula is C15H20BrNO6S2. The third kappa shape index (κ3) is 3.93. The number of benzene rings is 1. The lowest BCUT2D eigenvalue weighted by Gasteiger charge is -2.37. The molecule has 25 heavy (non-hydrogen) atoms. The van der Waals surface area contributed by atoms with Crippen LogP contribution in [0.25, 0.3) is 0 Å². The first-order valence-electron chi connectivity index (χ1n) is 7.96. The fourth-order valence-corrected chi connectivity index (χ4v) is 6.49. The zero-order chi connectivity index (χ0) is 18.2. The van der Waals surface area contributed by atoms with Gasteiger partial charge in [0.1, 0.15) is 0 Å². The molecule has 1 unspecified atom stereocenters. The average Bonchev–Trinajstić information content (AvgIpc) is 3.08. The number of sulfone groups is 1. The average molecular weight is 454 g/mol. The van der Waals surface area contributed by atoms with Crippen LogP contribution in [0.2, 0.25) is 0 Å². The van der Waals surface area contributed by atoms with E-state index in [2.05, 4.69) is 15.9 Å². The maximum absolute atomic E-state index is 13.2. The van der Waals surface area contributed by atoms with Crippen molar-refractivity contribution >= 4 is 35.8 Å². The molecular weight excluding hydrogens is 434 g/mol. The molecule has 0 spiro atoms. The molecule has 0 aliphatic carbocycles. The van der Waals surface area contributed by atoms with E-state index in [-0.39, 0.29) is 9.79 Å². The van der Waals surface area contributed by atoms with Crippen LogP contribution in [-0.4, -0.2) is 59.5 Å². The largest absolute Gasteiger partial charge is 0.349 e. The Kier molecular flexibility index (Phi) is 5.57. The molecule has 0 saturated carbocycles. The molecule has 1 aromatic carbocycles. The smallest absolute Gasteiger partial charge is 0.244 e. The minimum Gasteiger partial charge on any atom is -0.349 e. The van der Waals surface area contributed by atoms with Crippen molar-refractivity contribution < 1.29 is 26.3 Å². The Hall–Kier alpha value is -0.520. The Balaban J connectivity index is 2.02. The van der Waals surface area contributed by atoms with Crippen molar-refractivity contribution in [3.8, 4) is 0 Å². The number of hydrogen-bond acceptors (Lipinski definition) is 6. The SMILES string of the molecule is CS(=O)(=O)c1ccc(Br)c(S(=O)(=O)N2CCCCC2C2OCCO2)c1. The van der Waals surface area contributed by atoms with Crippen molar-refractivity contribution in [1.29, 1.82) is 0 Å². The van der Waals surface area contributed by atoms with Gasteiger partial charge in [-0.05, 0) is 47.0 Å². The fraction of sp³-hybridized carbons (Fsp3) is 0.600. The zero-order valence-corrected chi connectivity index (χ0v) is 16.9. The molecule has 0 amide bonds. The van der Waals surface area contributed by atoms with Crippen molar-refractivity contribution in [3.63, 3.8) is 0 Å². The second-order valence-corrected chi connectivity index (χ2v) is 10.9. The van der Waals surface area contributed by atoms with Crippen LogP contribution in [-0.2, 0) is 29.3 Å². The molecule has 2 aliphatic rings. The Morgan fingerprint density at radius 3 is 2.44 bits per heavy atom. The first-order chi connectivity index (χ1) is 11.7. The molecule has 0 radical (unpaired) electrons. The predicted octanol–water partition coefficient (Wildman–Crippen LogP) is 1.77. The molecule has 10 heteroatoms. The van der Waals surface area contributed by atoms with Crippen LogP contribution in [0, 0.1) is 0 Å². The van der Waals surface area contributed by atoms with Crippen LogP contribution in [0.4, 0.5) is 0 Å². The highest BCUT2D eigenvalue weighted by Gasteiger charge is 2.41. The summed E-state index contributed by atoms with van der Waals surface area (Å²) in [4.78, 5) is -0.0866. The normalized spacial score (nSPS) is 23.8. The maximum atomic E-state index is 13.2. The second kappa shape index (κ2) is 7.24. The third-order valence-corrected chi connectivity index (χ3v) is 8.41. The van der Waals surface area contributed by atoms with E-state index in [1.807, 2.05) is 0 Å². The van der Waals surface area contributed by atoms with E-state index >= 15 is 0 Å². The van der Waals surface area contributed by atoms with Crippen molar-refractivity contribution in [2.45, 2.75) is 41.4 Å². The van der Waals surface area contributed by atoms with Gasteiger partial charge in [0.2, 0.25) is 10.0 Å². The van der Waals surface area contributed by atoms with E-state index in [1.165, 1.54) is 22.5 Å². The Bertz CT molecular complexity index is 849. The lowest BCUT2D eigenvalue weighted by Crippen LogP contribution is -2.50. The van der Waals surface area contributed by atoms with Crippen molar-refractivity contribution in [2.24, 2.45) is 0 Å². The van der Waals surface area contributed by atoms with Crippen LogP contribution >= 0.6 is 15.9 Å². The van der Waals surface area contributed by atoms with E-state index in [0.29, 0.717) is 30.7 Å². The van der Waals surface area contributed by atoms with Crippen LogP contribution in [0.5, 0.6) is 0 Å². The zero-order valence-electron chi connectivity index (χ0n) is 13.7. The van der Waals surface area contributed by atoms with Gasteiger partial charge in [0.15, 0.2) is 16.1 Å². The van der Waals surface area contributed by atoms with Gasteiger partial charge in [-0.1, -0.05) is 6.42 Å². The summed E-state index contributed by atoms with van der Waals surface area (Å²) in [6.45, 7) is 1.25. The summed E-state index contributed by atoms with van der Waals surface area (Å²) < 4.78 is 62.9. The standard InChI is InChI=1S/C15H20BrNO6S2/c1-24(18,19)11-5-6-12(16)14(10-11)25(20,21)17-7-3-2-4-13(17)15-22-8-9-23-15/h5-6,10,13,15H,2-4,7-9H2,1H3. The lowest BCUT2D eigenvalue weighted by molar-refractivity contribution is -0.0913. The molecule has 7 nitrogen and oxygen atoms in total. The number of piperidine rings is 1. The Morgan fingerprint density at radius 2 is 1.80 bits per heavy atom. The molecule has 0 aromatic heterocycles. The summed E-state index contributed by atoms with van der Waals surface area (Å²) in [5, 5.41) is 0. The summed E-state index contributed by atoms with van der Waals surface area (Å²) in [5.41, 5.74) is 0. The maximum Gasteiger partial charge on any atom is 0.244 e. The van der Waals surface area contributed by atoms with Gasteiger partial charge in [-0.2, -0.15) is 4.31 Å². The number of sulfonamides is 1. The van der Waals surface area contributed by atoms with Crippen molar-refractivity contribution in [3.05, 3.63) is 22.7 Å². The van der Waals surface area contributed by atoms with Gasteiger partial charge in [0.05, 0.1) is 29.0 Å². The molecule has 1 atom stereocenters. The first-order valence-corrected chi connectivity index (χ1v) is 12.1. The van der Waals surface area contributed by atoms with Crippen LogP contribution < -0.4 is 0 Å². The Labute approximate surface area is 156 Å². The number of rotatable bonds is 4. The van der Waals surface area contributed by atoms with E-state index in [1.54, 1.807) is 0 Å². The highest BCUT2D eigenvalue weighted by molar-refractivity contribution is 9.10. The molecule has 2 saturated heterocycles. The summed E-state index contributed by atoms with van der Waals surface area (Å²) in [7, 11) is -7.42. The van der Waals surface area contributed by atoms with E-state index in [9.17, 15) is 16.8 Å². The third-order valence-electron chi connectivity index (χ3n) is 4.38. The Morgan fingerprint density at radius 1 is 1.12 bits per heavy atom. The van der Waals surface area contributed by atoms with Gasteiger partial charge in [-0.25, -0.2) is 16.8 Å². The number of halogens is 1. The topological polar surface area (TPSA) is 90.0 Å². The first kappa shape index (κ1) is 19.2. The number of ether oxygens (including phenoxy) is 2. The van der Waals surface area contributed by atoms with Gasteiger partial charge in [-0.3, -0.25) is 0 Å². The van der Waals surface area contributed by atoms with Crippen LogP contribution in [0.1, 0.15) is 19.3 Å². The van der Waals surface area contributed by atoms with Crippen molar-refractivity contribution in [1.82, 2.24) is 4.31 Å². The minimum atomic E-state index is -3.90. The minimum absolute atomic E-state index is 0.0313. The number of hydrogen-bond donors (Lipinski definition) is 0. The molecule has 2 fully saturated rings. The van der Waals surface area contributed by atoms with E-state index in [4.69, 9.17) is 9.47 Å². The summed E-state index contributed by atoms with van der Waals surface area (Å²) in [5.74, 6) is 0. The number of nitrogens with zero attached hydrogens (tertiary/aromatic N) is 1. The van der Waals surface area contributed by atoms with Gasteiger partial charge >= 0.3 is 0 Å². The lowest BCUT2D eigenvalue weighted by atomic mass is 10.0. The van der Waals surface area contributed by atoms with Crippen molar-refractivity contribution in [2.75, 3.05) is 26.0 Å². The van der Waals surface area contributed by atoms with Crippen LogP contribution in [0.3, 0.4) is 0 Å². The van der Waals surface area contributed by atoms with Gasteiger partial charge in [0, 0.05) is 17.3 Å². The highest BCUT2D eigenvalue weighted by Crippen LogP contribution is 2.33. The van der Waals surface area contributed by atoms with Crippen LogP contribution in [0.15, 0.2) is 32.5 Å². The van der Waals surface area contributed by atoms with Gasteiger partial charge in [0.25, 0.3) is 0 Å². The molecule has 2 heterocycles. The quantitative estimate of drug-likeness (QED) is 0.689. The molecule has 2 aliphatic heterocycles. The molecule has 140 valence electrons. The monoisotopic (exact) mass is 453 g/mol. The van der Waals surface area contributed by atoms with E-state index < -0.39 is 32.2 Å². The molecule has 0 N–H and O–H groups in total. The fourth-order valence-electron chi connectivity index (χ4n) is 3.14. The molecule has 1 aromatic rings. The predicted molar refractivity (Wildman–Crippen MR) is 94.5 cm³/mol. The van der Waals surface area contributed by atoms with Gasteiger partial charge in [-0.15, -0.1) is 0 Å². The molecule has 0 bridgehead atoms. The highest BCUT2D eigenvalue weighted by atomic mass is 79.9. The molecule has 3 rings (SSSR count).